The summed E-state index contributed by atoms with van der Waals surface area (Å²) in [7, 11) is 0. The first-order valence-corrected chi connectivity index (χ1v) is 6.99. The van der Waals surface area contributed by atoms with Gasteiger partial charge in [0.25, 0.3) is 0 Å². The number of hydrogen-bond donors (Lipinski definition) is 1. The highest BCUT2D eigenvalue weighted by atomic mass is 16.2. The van der Waals surface area contributed by atoms with Crippen LogP contribution < -0.4 is 5.73 Å². The fourth-order valence-corrected chi connectivity index (χ4v) is 3.99. The number of aliphatic imine (C=N–C) groups is 1. The molecule has 5 nitrogen and oxygen atoms in total. The van der Waals surface area contributed by atoms with Crippen molar-refractivity contribution >= 4 is 11.9 Å². The molecule has 0 bridgehead atoms. The Morgan fingerprint density at radius 1 is 1.53 bits per heavy atom. The van der Waals surface area contributed by atoms with Gasteiger partial charge in [-0.05, 0) is 32.7 Å². The van der Waals surface area contributed by atoms with E-state index in [0.717, 1.165) is 25.9 Å². The number of piperidine rings is 1. The normalized spacial score (nSPS) is 36.2. The van der Waals surface area contributed by atoms with Crippen molar-refractivity contribution in [3.05, 3.63) is 0 Å². The van der Waals surface area contributed by atoms with E-state index in [1.54, 1.807) is 4.90 Å². The third-order valence-corrected chi connectivity index (χ3v) is 4.87. The summed E-state index contributed by atoms with van der Waals surface area (Å²) in [6, 6.07) is -0.248. The van der Waals surface area contributed by atoms with Gasteiger partial charge in [-0.3, -0.25) is 9.80 Å². The van der Waals surface area contributed by atoms with E-state index in [1.165, 1.54) is 12.8 Å². The third kappa shape index (κ3) is 1.53. The van der Waals surface area contributed by atoms with Crippen LogP contribution in [0.25, 0.3) is 0 Å². The van der Waals surface area contributed by atoms with Crippen LogP contribution in [0.1, 0.15) is 32.6 Å². The van der Waals surface area contributed by atoms with Crippen LogP contribution in [0, 0.1) is 12.3 Å². The zero-order valence-electron chi connectivity index (χ0n) is 11.3. The zero-order valence-corrected chi connectivity index (χ0v) is 11.3. The average molecular weight is 260 g/mol. The fraction of sp³-hybridized carbons (Fsp3) is 0.714. The molecular formula is C14H20N4O. The van der Waals surface area contributed by atoms with E-state index in [4.69, 9.17) is 12.2 Å². The molecule has 19 heavy (non-hydrogen) atoms. The summed E-state index contributed by atoms with van der Waals surface area (Å²) in [5.74, 6) is 3.13. The smallest absolute Gasteiger partial charge is 0.347 e. The van der Waals surface area contributed by atoms with E-state index >= 15 is 0 Å². The van der Waals surface area contributed by atoms with Gasteiger partial charge < -0.3 is 5.73 Å². The molecule has 3 heterocycles. The first-order chi connectivity index (χ1) is 9.11. The van der Waals surface area contributed by atoms with Gasteiger partial charge in [0.15, 0.2) is 0 Å². The summed E-state index contributed by atoms with van der Waals surface area (Å²) in [4.78, 5) is 20.4. The van der Waals surface area contributed by atoms with E-state index in [9.17, 15) is 4.79 Å². The van der Waals surface area contributed by atoms with Crippen LogP contribution in [0.15, 0.2) is 4.99 Å². The molecule has 102 valence electrons. The lowest BCUT2D eigenvalue weighted by Gasteiger charge is -2.44. The Labute approximate surface area is 113 Å². The van der Waals surface area contributed by atoms with Crippen molar-refractivity contribution in [1.82, 2.24) is 9.80 Å². The van der Waals surface area contributed by atoms with Gasteiger partial charge in [-0.1, -0.05) is 12.3 Å². The van der Waals surface area contributed by atoms with Gasteiger partial charge in [0.2, 0.25) is 0 Å². The highest BCUT2D eigenvalue weighted by Crippen LogP contribution is 2.43. The average Bonchev–Trinajstić information content (AvgIpc) is 2.90. The number of rotatable bonds is 1. The Bertz CT molecular complexity index is 480. The van der Waals surface area contributed by atoms with Crippen molar-refractivity contribution in [2.24, 2.45) is 10.7 Å². The molecule has 2 fully saturated rings. The predicted octanol–water partition coefficient (Wildman–Crippen LogP) is 0.798. The number of nitrogens with two attached hydrogens (primary N) is 1. The molecule has 2 amide bonds. The minimum atomic E-state index is -0.455. The lowest BCUT2D eigenvalue weighted by atomic mass is 9.83. The minimum Gasteiger partial charge on any atom is -0.385 e. The number of fused-ring (bicyclic) bond motifs is 2. The minimum absolute atomic E-state index is 0.265. The lowest BCUT2D eigenvalue weighted by Crippen LogP contribution is -2.63. The maximum Gasteiger partial charge on any atom is 0.347 e. The summed E-state index contributed by atoms with van der Waals surface area (Å²) in [5, 5.41) is 0. The SMILES string of the molecule is C#CC(C)N1C(=O)N=C(N)C12CCN1CCCCC12. The fourth-order valence-electron chi connectivity index (χ4n) is 3.99. The van der Waals surface area contributed by atoms with Crippen molar-refractivity contribution in [1.29, 1.82) is 0 Å². The molecule has 0 aromatic rings. The Kier molecular flexibility index (Phi) is 2.79. The van der Waals surface area contributed by atoms with Crippen LogP contribution in [0.3, 0.4) is 0 Å². The lowest BCUT2D eigenvalue weighted by molar-refractivity contribution is 0.0986. The Hall–Kier alpha value is -1.54. The number of amidine groups is 1. The number of nitrogens with zero attached hydrogens (tertiary/aromatic N) is 3. The number of amides is 2. The van der Waals surface area contributed by atoms with Gasteiger partial charge in [0, 0.05) is 12.6 Å². The molecule has 2 N–H and O–H groups in total. The molecule has 3 rings (SSSR count). The summed E-state index contributed by atoms with van der Waals surface area (Å²) in [5.41, 5.74) is 5.69. The molecule has 0 aromatic heterocycles. The molecule has 3 aliphatic heterocycles. The van der Waals surface area contributed by atoms with Crippen molar-refractivity contribution < 1.29 is 4.79 Å². The Morgan fingerprint density at radius 2 is 2.32 bits per heavy atom. The second-order valence-electron chi connectivity index (χ2n) is 5.71. The van der Waals surface area contributed by atoms with E-state index < -0.39 is 5.54 Å². The van der Waals surface area contributed by atoms with Gasteiger partial charge in [0.1, 0.15) is 11.4 Å². The summed E-state index contributed by atoms with van der Waals surface area (Å²) in [6.45, 7) is 3.94. The second kappa shape index (κ2) is 4.24. The van der Waals surface area contributed by atoms with Crippen molar-refractivity contribution in [2.45, 2.75) is 50.2 Å². The summed E-state index contributed by atoms with van der Waals surface area (Å²) in [6.07, 6.45) is 9.86. The van der Waals surface area contributed by atoms with Crippen LogP contribution in [-0.4, -0.2) is 52.4 Å². The maximum atomic E-state index is 12.2. The molecule has 0 saturated carbocycles. The monoisotopic (exact) mass is 260 g/mol. The molecule has 0 radical (unpaired) electrons. The molecule has 0 aromatic carbocycles. The standard InChI is InChI=1S/C14H20N4O/c1-3-10(2)18-13(19)16-12(15)14(18)7-9-17-8-5-4-6-11(14)17/h1,10-11H,4-9H2,2H3,(H2,15,16,19). The van der Waals surface area contributed by atoms with Crippen molar-refractivity contribution in [2.75, 3.05) is 13.1 Å². The molecule has 3 unspecified atom stereocenters. The molecule has 1 spiro atoms. The van der Waals surface area contributed by atoms with Gasteiger partial charge in [-0.25, -0.2) is 4.79 Å². The second-order valence-corrected chi connectivity index (χ2v) is 5.71. The van der Waals surface area contributed by atoms with Crippen LogP contribution in [0.5, 0.6) is 0 Å². The largest absolute Gasteiger partial charge is 0.385 e. The van der Waals surface area contributed by atoms with Gasteiger partial charge in [-0.15, -0.1) is 6.42 Å². The number of carbonyl (C=O) groups is 1. The topological polar surface area (TPSA) is 61.9 Å². The van der Waals surface area contributed by atoms with Crippen molar-refractivity contribution in [3.8, 4) is 12.3 Å². The summed E-state index contributed by atoms with van der Waals surface area (Å²) < 4.78 is 0. The number of terminal acetylenes is 1. The van der Waals surface area contributed by atoms with Crippen molar-refractivity contribution in [3.63, 3.8) is 0 Å². The van der Waals surface area contributed by atoms with Gasteiger partial charge in [-0.2, -0.15) is 4.99 Å². The Balaban J connectivity index is 2.03. The molecule has 3 aliphatic rings. The first-order valence-electron chi connectivity index (χ1n) is 6.99. The Morgan fingerprint density at radius 3 is 3.05 bits per heavy atom. The molecule has 2 saturated heterocycles. The van der Waals surface area contributed by atoms with Crippen LogP contribution in [-0.2, 0) is 0 Å². The van der Waals surface area contributed by atoms with Crippen LogP contribution in [0.2, 0.25) is 0 Å². The van der Waals surface area contributed by atoms with E-state index in [-0.39, 0.29) is 18.1 Å². The van der Waals surface area contributed by atoms with Gasteiger partial charge >= 0.3 is 6.03 Å². The quantitative estimate of drug-likeness (QED) is 0.709. The zero-order chi connectivity index (χ0) is 13.6. The van der Waals surface area contributed by atoms with Crippen LogP contribution >= 0.6 is 0 Å². The van der Waals surface area contributed by atoms with E-state index in [1.807, 2.05) is 6.92 Å². The molecule has 5 heteroatoms. The predicted molar refractivity (Wildman–Crippen MR) is 73.7 cm³/mol. The third-order valence-electron chi connectivity index (χ3n) is 4.87. The molecule has 0 aliphatic carbocycles. The summed E-state index contributed by atoms with van der Waals surface area (Å²) >= 11 is 0. The highest BCUT2D eigenvalue weighted by molar-refractivity contribution is 6.07. The highest BCUT2D eigenvalue weighted by Gasteiger charge is 2.59. The molecule has 3 atom stereocenters. The number of hydrogen-bond acceptors (Lipinski definition) is 3. The maximum absolute atomic E-state index is 12.2. The molecular weight excluding hydrogens is 240 g/mol. The van der Waals surface area contributed by atoms with Gasteiger partial charge in [0.05, 0.1) is 6.04 Å². The number of carbonyl (C=O) groups excluding carboxylic acids is 1. The van der Waals surface area contributed by atoms with E-state index in [2.05, 4.69) is 15.8 Å². The number of urea groups is 1. The van der Waals surface area contributed by atoms with E-state index in [0.29, 0.717) is 5.84 Å². The van der Waals surface area contributed by atoms with Crippen LogP contribution in [0.4, 0.5) is 4.79 Å². The first kappa shape index (κ1) is 12.5.